The molecule has 0 aromatic heterocycles. The molecule has 0 amide bonds. The van der Waals surface area contributed by atoms with Crippen LogP contribution < -0.4 is 0 Å². The van der Waals surface area contributed by atoms with E-state index in [2.05, 4.69) is 18.7 Å². The molecule has 0 bridgehead atoms. The van der Waals surface area contributed by atoms with Crippen LogP contribution in [-0.2, 0) is 0 Å². The van der Waals surface area contributed by atoms with Crippen LogP contribution >= 0.6 is 0 Å². The van der Waals surface area contributed by atoms with Crippen molar-refractivity contribution in [3.8, 4) is 0 Å². The van der Waals surface area contributed by atoms with Crippen LogP contribution in [0.1, 0.15) is 117 Å². The number of hydrogen-bond donors (Lipinski definition) is 1. The van der Waals surface area contributed by atoms with Crippen LogP contribution in [0.4, 0.5) is 0 Å². The maximum atomic E-state index is 9.08. The molecule has 0 atom stereocenters. The van der Waals surface area contributed by atoms with Crippen molar-refractivity contribution in [1.82, 2.24) is 4.90 Å². The van der Waals surface area contributed by atoms with Crippen LogP contribution in [0, 0.1) is 0 Å². The second-order valence-corrected chi connectivity index (χ2v) is 7.16. The SMILES string of the molecule is CCCCCCCCCCCCCCCCCCN(CC)CO. The van der Waals surface area contributed by atoms with Gasteiger partial charge in [-0.1, -0.05) is 110 Å². The monoisotopic (exact) mass is 327 g/mol. The van der Waals surface area contributed by atoms with Gasteiger partial charge in [0, 0.05) is 6.54 Å². The van der Waals surface area contributed by atoms with Gasteiger partial charge in [-0.05, 0) is 13.0 Å². The first-order chi connectivity index (χ1) is 11.3. The molecule has 0 saturated carbocycles. The van der Waals surface area contributed by atoms with Gasteiger partial charge in [-0.15, -0.1) is 0 Å². The number of aliphatic hydroxyl groups excluding tert-OH is 1. The van der Waals surface area contributed by atoms with Gasteiger partial charge in [0.2, 0.25) is 0 Å². The molecule has 0 saturated heterocycles. The molecule has 0 unspecified atom stereocenters. The molecule has 0 aromatic rings. The Morgan fingerprint density at radius 3 is 1.17 bits per heavy atom. The standard InChI is InChI=1S/C21H45NO/c1-3-5-6-7-8-9-10-11-12-13-14-15-16-17-18-19-20-22(4-2)21-23/h23H,3-21H2,1-2H3. The maximum absolute atomic E-state index is 9.08. The molecule has 0 heterocycles. The summed E-state index contributed by atoms with van der Waals surface area (Å²) in [5.74, 6) is 0. The molecule has 0 aliphatic rings. The summed E-state index contributed by atoms with van der Waals surface area (Å²) in [6.07, 6.45) is 22.7. The molecule has 140 valence electrons. The Hall–Kier alpha value is -0.0800. The van der Waals surface area contributed by atoms with E-state index in [0.29, 0.717) is 0 Å². The first-order valence-electron chi connectivity index (χ1n) is 10.7. The van der Waals surface area contributed by atoms with E-state index in [1.807, 2.05) is 0 Å². The van der Waals surface area contributed by atoms with Crippen LogP contribution in [0.15, 0.2) is 0 Å². The average Bonchev–Trinajstić information content (AvgIpc) is 2.58. The smallest absolute Gasteiger partial charge is 0.0956 e. The molecule has 23 heavy (non-hydrogen) atoms. The molecule has 2 nitrogen and oxygen atoms in total. The summed E-state index contributed by atoms with van der Waals surface area (Å²) in [4.78, 5) is 2.10. The summed E-state index contributed by atoms with van der Waals surface area (Å²) in [6, 6.07) is 0. The van der Waals surface area contributed by atoms with Crippen LogP contribution in [-0.4, -0.2) is 29.8 Å². The molecular weight excluding hydrogens is 282 g/mol. The Morgan fingerprint density at radius 2 is 0.870 bits per heavy atom. The van der Waals surface area contributed by atoms with Gasteiger partial charge in [-0.2, -0.15) is 0 Å². The van der Waals surface area contributed by atoms with E-state index in [-0.39, 0.29) is 6.73 Å². The third-order valence-electron chi connectivity index (χ3n) is 4.98. The Bertz CT molecular complexity index is 204. The zero-order valence-electron chi connectivity index (χ0n) is 16.3. The molecule has 0 aliphatic heterocycles. The third-order valence-corrected chi connectivity index (χ3v) is 4.98. The van der Waals surface area contributed by atoms with Crippen molar-refractivity contribution in [1.29, 1.82) is 0 Å². The molecule has 0 aliphatic carbocycles. The van der Waals surface area contributed by atoms with Crippen LogP contribution in [0.2, 0.25) is 0 Å². The molecule has 0 rings (SSSR count). The summed E-state index contributed by atoms with van der Waals surface area (Å²) < 4.78 is 0. The highest BCUT2D eigenvalue weighted by Crippen LogP contribution is 2.13. The maximum Gasteiger partial charge on any atom is 0.0956 e. The van der Waals surface area contributed by atoms with Crippen LogP contribution in [0.3, 0.4) is 0 Å². The number of hydrogen-bond acceptors (Lipinski definition) is 2. The highest BCUT2D eigenvalue weighted by Gasteiger charge is 1.99. The fourth-order valence-electron chi connectivity index (χ4n) is 3.21. The Balaban J connectivity index is 3.02. The van der Waals surface area contributed by atoms with E-state index in [1.54, 1.807) is 0 Å². The van der Waals surface area contributed by atoms with E-state index in [4.69, 9.17) is 5.11 Å². The van der Waals surface area contributed by atoms with Crippen molar-refractivity contribution in [2.75, 3.05) is 19.8 Å². The zero-order chi connectivity index (χ0) is 17.0. The Kier molecular flexibility index (Phi) is 19.9. The van der Waals surface area contributed by atoms with Gasteiger partial charge in [0.1, 0.15) is 0 Å². The van der Waals surface area contributed by atoms with Crippen molar-refractivity contribution in [2.45, 2.75) is 117 Å². The first kappa shape index (κ1) is 22.9. The number of unbranched alkanes of at least 4 members (excludes halogenated alkanes) is 15. The van der Waals surface area contributed by atoms with Crippen molar-refractivity contribution in [2.24, 2.45) is 0 Å². The van der Waals surface area contributed by atoms with Crippen molar-refractivity contribution >= 4 is 0 Å². The fraction of sp³-hybridized carbons (Fsp3) is 1.00. The highest BCUT2D eigenvalue weighted by atomic mass is 16.3. The minimum atomic E-state index is 0.218. The minimum absolute atomic E-state index is 0.218. The van der Waals surface area contributed by atoms with E-state index in [9.17, 15) is 0 Å². The third kappa shape index (κ3) is 18.1. The first-order valence-corrected chi connectivity index (χ1v) is 10.7. The van der Waals surface area contributed by atoms with Crippen LogP contribution in [0.5, 0.6) is 0 Å². The summed E-state index contributed by atoms with van der Waals surface area (Å²) in [6.45, 7) is 6.65. The predicted octanol–water partition coefficient (Wildman–Crippen LogP) is 6.52. The van der Waals surface area contributed by atoms with Gasteiger partial charge in [0.15, 0.2) is 0 Å². The summed E-state index contributed by atoms with van der Waals surface area (Å²) in [7, 11) is 0. The Morgan fingerprint density at radius 1 is 0.522 bits per heavy atom. The molecular formula is C21H45NO. The minimum Gasteiger partial charge on any atom is -0.381 e. The summed E-state index contributed by atoms with van der Waals surface area (Å²) in [5.41, 5.74) is 0. The molecule has 2 heteroatoms. The zero-order valence-corrected chi connectivity index (χ0v) is 16.3. The molecule has 0 fully saturated rings. The molecule has 0 aromatic carbocycles. The number of nitrogens with zero attached hydrogens (tertiary/aromatic N) is 1. The van der Waals surface area contributed by atoms with Gasteiger partial charge in [0.25, 0.3) is 0 Å². The average molecular weight is 328 g/mol. The lowest BCUT2D eigenvalue weighted by atomic mass is 10.0. The van der Waals surface area contributed by atoms with E-state index in [1.165, 1.54) is 103 Å². The summed E-state index contributed by atoms with van der Waals surface area (Å²) >= 11 is 0. The van der Waals surface area contributed by atoms with Gasteiger partial charge < -0.3 is 5.11 Å². The van der Waals surface area contributed by atoms with E-state index in [0.717, 1.165) is 13.1 Å². The van der Waals surface area contributed by atoms with Gasteiger partial charge in [-0.25, -0.2) is 0 Å². The predicted molar refractivity (Wildman–Crippen MR) is 104 cm³/mol. The second-order valence-electron chi connectivity index (χ2n) is 7.16. The van der Waals surface area contributed by atoms with Gasteiger partial charge >= 0.3 is 0 Å². The lowest BCUT2D eigenvalue weighted by Gasteiger charge is -2.16. The molecule has 1 N–H and O–H groups in total. The Labute approximate surface area is 147 Å². The van der Waals surface area contributed by atoms with E-state index < -0.39 is 0 Å². The second kappa shape index (κ2) is 20.0. The lowest BCUT2D eigenvalue weighted by molar-refractivity contribution is 0.111. The van der Waals surface area contributed by atoms with Gasteiger partial charge in [-0.3, -0.25) is 4.90 Å². The van der Waals surface area contributed by atoms with Crippen molar-refractivity contribution in [3.63, 3.8) is 0 Å². The lowest BCUT2D eigenvalue weighted by Crippen LogP contribution is -2.25. The highest BCUT2D eigenvalue weighted by molar-refractivity contribution is 4.52. The number of rotatable bonds is 19. The molecule has 0 spiro atoms. The largest absolute Gasteiger partial charge is 0.381 e. The molecule has 0 radical (unpaired) electrons. The van der Waals surface area contributed by atoms with Crippen molar-refractivity contribution < 1.29 is 5.11 Å². The van der Waals surface area contributed by atoms with E-state index >= 15 is 0 Å². The fourth-order valence-corrected chi connectivity index (χ4v) is 3.21. The van der Waals surface area contributed by atoms with Gasteiger partial charge in [0.05, 0.1) is 6.73 Å². The number of aliphatic hydroxyl groups is 1. The quantitative estimate of drug-likeness (QED) is 0.216. The van der Waals surface area contributed by atoms with Crippen LogP contribution in [0.25, 0.3) is 0 Å². The summed E-state index contributed by atoms with van der Waals surface area (Å²) in [5, 5.41) is 9.08. The topological polar surface area (TPSA) is 23.5 Å². The van der Waals surface area contributed by atoms with Crippen molar-refractivity contribution in [3.05, 3.63) is 0 Å². The normalized spacial score (nSPS) is 11.5.